The summed E-state index contributed by atoms with van der Waals surface area (Å²) in [7, 11) is 0. The highest BCUT2D eigenvalue weighted by Gasteiger charge is 2.14. The lowest BCUT2D eigenvalue weighted by atomic mass is 10.0. The number of hydrogen-bond donors (Lipinski definition) is 1. The number of rotatable bonds is 8. The molecule has 7 heteroatoms. The van der Waals surface area contributed by atoms with E-state index in [0.29, 0.717) is 40.8 Å². The zero-order chi connectivity index (χ0) is 24.8. The molecule has 1 amide bonds. The van der Waals surface area contributed by atoms with Crippen molar-refractivity contribution >= 4 is 29.3 Å². The van der Waals surface area contributed by atoms with E-state index in [1.165, 1.54) is 0 Å². The van der Waals surface area contributed by atoms with Crippen molar-refractivity contribution in [2.24, 2.45) is 0 Å². The Morgan fingerprint density at radius 3 is 2.77 bits per heavy atom. The summed E-state index contributed by atoms with van der Waals surface area (Å²) < 4.78 is 16.8. The summed E-state index contributed by atoms with van der Waals surface area (Å²) in [6, 6.07) is 18.4. The average Bonchev–Trinajstić information content (AvgIpc) is 3.32. The lowest BCUT2D eigenvalue weighted by Crippen LogP contribution is -2.13. The van der Waals surface area contributed by atoms with Crippen molar-refractivity contribution in [2.45, 2.75) is 20.0 Å². The fraction of sp³-hybridized carbons (Fsp3) is 0.143. The highest BCUT2D eigenvalue weighted by molar-refractivity contribution is 6.31. The maximum absolute atomic E-state index is 12.7. The van der Waals surface area contributed by atoms with E-state index in [4.69, 9.17) is 25.8 Å². The monoisotopic (exact) mass is 486 g/mol. The van der Waals surface area contributed by atoms with E-state index in [-0.39, 0.29) is 12.4 Å². The second-order valence-electron chi connectivity index (χ2n) is 7.92. The van der Waals surface area contributed by atoms with E-state index in [0.717, 1.165) is 22.4 Å². The number of carbonyl (C=O) groups is 1. The van der Waals surface area contributed by atoms with Crippen molar-refractivity contribution in [3.8, 4) is 23.3 Å². The van der Waals surface area contributed by atoms with Crippen LogP contribution in [0.4, 0.5) is 5.69 Å². The summed E-state index contributed by atoms with van der Waals surface area (Å²) >= 11 is 6.13. The number of fused-ring (bicyclic) bond motifs is 1. The van der Waals surface area contributed by atoms with Crippen LogP contribution in [-0.2, 0) is 17.8 Å². The normalized spacial score (nSPS) is 12.1. The molecule has 176 valence electrons. The summed E-state index contributed by atoms with van der Waals surface area (Å²) in [6.45, 7) is 6.26. The van der Waals surface area contributed by atoms with Gasteiger partial charge in [0, 0.05) is 10.7 Å². The fourth-order valence-electron chi connectivity index (χ4n) is 3.52. The minimum Gasteiger partial charge on any atom is -0.489 e. The second kappa shape index (κ2) is 10.8. The zero-order valence-corrected chi connectivity index (χ0v) is 19.9. The Kier molecular flexibility index (Phi) is 7.39. The number of nitrogens with one attached hydrogen (secondary N) is 1. The topological polar surface area (TPSA) is 80.6 Å². The van der Waals surface area contributed by atoms with Gasteiger partial charge in [0.15, 0.2) is 11.5 Å². The van der Waals surface area contributed by atoms with Gasteiger partial charge in [-0.2, -0.15) is 5.26 Å². The molecule has 1 aliphatic heterocycles. The maximum atomic E-state index is 12.7. The second-order valence-corrected chi connectivity index (χ2v) is 8.33. The number of hydrogen-bond acceptors (Lipinski definition) is 5. The van der Waals surface area contributed by atoms with Gasteiger partial charge in [0.25, 0.3) is 5.91 Å². The van der Waals surface area contributed by atoms with Crippen molar-refractivity contribution < 1.29 is 19.0 Å². The Morgan fingerprint density at radius 2 is 2.00 bits per heavy atom. The Balaban J connectivity index is 1.50. The third-order valence-electron chi connectivity index (χ3n) is 5.39. The molecule has 3 aromatic rings. The smallest absolute Gasteiger partial charge is 0.266 e. The minimum absolute atomic E-state index is 0.0275. The number of carbonyl (C=O) groups excluding carboxylic acids is 1. The fourth-order valence-corrected chi connectivity index (χ4v) is 3.70. The van der Waals surface area contributed by atoms with E-state index in [9.17, 15) is 10.1 Å². The highest BCUT2D eigenvalue weighted by Crippen LogP contribution is 2.33. The molecule has 0 saturated carbocycles. The molecule has 0 aliphatic carbocycles. The molecule has 3 aromatic carbocycles. The molecule has 0 aromatic heterocycles. The molecule has 1 aliphatic rings. The van der Waals surface area contributed by atoms with Crippen LogP contribution in [0.25, 0.3) is 6.08 Å². The molecule has 0 radical (unpaired) electrons. The van der Waals surface area contributed by atoms with Crippen molar-refractivity contribution in [1.82, 2.24) is 0 Å². The van der Waals surface area contributed by atoms with E-state index < -0.39 is 5.91 Å². The van der Waals surface area contributed by atoms with E-state index in [1.807, 2.05) is 43.3 Å². The Labute approximate surface area is 209 Å². The average molecular weight is 487 g/mol. The first-order valence-electron chi connectivity index (χ1n) is 10.9. The molecule has 0 fully saturated rings. The van der Waals surface area contributed by atoms with Gasteiger partial charge in [-0.1, -0.05) is 35.9 Å². The van der Waals surface area contributed by atoms with Crippen molar-refractivity contribution in [2.75, 3.05) is 12.1 Å². The number of halogens is 1. The molecule has 1 heterocycles. The summed E-state index contributed by atoms with van der Waals surface area (Å²) in [5, 5.41) is 12.8. The van der Waals surface area contributed by atoms with Crippen LogP contribution in [-0.4, -0.2) is 12.7 Å². The number of nitriles is 1. The minimum atomic E-state index is -0.513. The summed E-state index contributed by atoms with van der Waals surface area (Å²) in [5.74, 6) is 1.60. The first kappa shape index (κ1) is 23.9. The number of aryl methyl sites for hydroxylation is 1. The first-order chi connectivity index (χ1) is 17.0. The molecule has 0 spiro atoms. The van der Waals surface area contributed by atoms with Crippen LogP contribution in [0.5, 0.6) is 17.2 Å². The number of allylic oxidation sites excluding steroid dienone is 1. The maximum Gasteiger partial charge on any atom is 0.266 e. The lowest BCUT2D eigenvalue weighted by molar-refractivity contribution is -0.112. The molecule has 1 N–H and O–H groups in total. The molecular weight excluding hydrogens is 464 g/mol. The van der Waals surface area contributed by atoms with Crippen LogP contribution in [0, 0.1) is 18.3 Å². The molecular formula is C28H23ClN2O4. The number of nitrogens with zero attached hydrogens (tertiary/aromatic N) is 1. The standard InChI is InChI=1S/C28H23ClN2O4/c1-3-4-21-11-19(12-22(15-30)28(32)31-23-8-5-18(2)24(29)14-23)6-9-25(21)33-16-20-7-10-26-27(13-20)35-17-34-26/h3,5-14H,1,4,16-17H2,2H3,(H,31,32)/b22-12-. The van der Waals surface area contributed by atoms with Gasteiger partial charge in [-0.05, 0) is 78.1 Å². The first-order valence-corrected chi connectivity index (χ1v) is 11.3. The predicted octanol–water partition coefficient (Wildman–Crippen LogP) is 6.23. The Hall–Kier alpha value is -4.21. The zero-order valence-electron chi connectivity index (χ0n) is 19.1. The van der Waals surface area contributed by atoms with Crippen LogP contribution < -0.4 is 19.5 Å². The van der Waals surface area contributed by atoms with Crippen LogP contribution >= 0.6 is 11.6 Å². The van der Waals surface area contributed by atoms with E-state index >= 15 is 0 Å². The van der Waals surface area contributed by atoms with Crippen LogP contribution in [0.2, 0.25) is 5.02 Å². The van der Waals surface area contributed by atoms with Gasteiger partial charge in [0.05, 0.1) is 0 Å². The Morgan fingerprint density at radius 1 is 1.17 bits per heavy atom. The van der Waals surface area contributed by atoms with Gasteiger partial charge in [-0.3, -0.25) is 4.79 Å². The van der Waals surface area contributed by atoms with Crippen molar-refractivity contribution in [3.63, 3.8) is 0 Å². The quantitative estimate of drug-likeness (QED) is 0.232. The molecule has 35 heavy (non-hydrogen) atoms. The number of amides is 1. The molecule has 0 atom stereocenters. The number of anilines is 1. The third-order valence-corrected chi connectivity index (χ3v) is 5.79. The Bertz CT molecular complexity index is 1360. The summed E-state index contributed by atoms with van der Waals surface area (Å²) in [5.41, 5.74) is 3.92. The van der Waals surface area contributed by atoms with Gasteiger partial charge in [0.2, 0.25) is 6.79 Å². The van der Waals surface area contributed by atoms with Gasteiger partial charge in [-0.25, -0.2) is 0 Å². The van der Waals surface area contributed by atoms with Crippen molar-refractivity contribution in [3.05, 3.63) is 100 Å². The molecule has 0 saturated heterocycles. The van der Waals surface area contributed by atoms with E-state index in [2.05, 4.69) is 11.9 Å². The largest absolute Gasteiger partial charge is 0.489 e. The number of benzene rings is 3. The predicted molar refractivity (Wildman–Crippen MR) is 136 cm³/mol. The highest BCUT2D eigenvalue weighted by atomic mass is 35.5. The van der Waals surface area contributed by atoms with Crippen molar-refractivity contribution in [1.29, 1.82) is 5.26 Å². The summed E-state index contributed by atoms with van der Waals surface area (Å²) in [6.07, 6.45) is 3.88. The van der Waals surface area contributed by atoms with Crippen LogP contribution in [0.1, 0.15) is 22.3 Å². The van der Waals surface area contributed by atoms with Gasteiger partial charge in [0.1, 0.15) is 24.0 Å². The lowest BCUT2D eigenvalue weighted by Gasteiger charge is -2.12. The number of ether oxygens (including phenoxy) is 3. The van der Waals surface area contributed by atoms with E-state index in [1.54, 1.807) is 36.4 Å². The SMILES string of the molecule is C=CCc1cc(/C=C(/C#N)C(=O)Nc2ccc(C)c(Cl)c2)ccc1OCc1ccc2c(c1)OCO2. The van der Waals surface area contributed by atoms with Gasteiger partial charge in [-0.15, -0.1) is 6.58 Å². The molecule has 4 rings (SSSR count). The molecule has 6 nitrogen and oxygen atoms in total. The molecule has 0 bridgehead atoms. The molecule has 0 unspecified atom stereocenters. The van der Waals surface area contributed by atoms with Gasteiger partial charge >= 0.3 is 0 Å². The van der Waals surface area contributed by atoms with Gasteiger partial charge < -0.3 is 19.5 Å². The van der Waals surface area contributed by atoms with Crippen LogP contribution in [0.3, 0.4) is 0 Å². The summed E-state index contributed by atoms with van der Waals surface area (Å²) in [4.78, 5) is 12.7. The third kappa shape index (κ3) is 5.84. The van der Waals surface area contributed by atoms with Crippen LogP contribution in [0.15, 0.2) is 72.8 Å².